The van der Waals surface area contributed by atoms with Gasteiger partial charge < -0.3 is 4.74 Å². The van der Waals surface area contributed by atoms with Gasteiger partial charge in [-0.3, -0.25) is 5.43 Å². The summed E-state index contributed by atoms with van der Waals surface area (Å²) in [5.74, 6) is 0. The average Bonchev–Trinajstić information content (AvgIpc) is 2.32. The Morgan fingerprint density at radius 3 is 2.81 bits per heavy atom. The molecule has 1 saturated heterocycles. The van der Waals surface area contributed by atoms with Crippen LogP contribution in [-0.4, -0.2) is 31.3 Å². The molecule has 88 valence electrons. The Bertz CT molecular complexity index is 351. The van der Waals surface area contributed by atoms with Crippen LogP contribution < -0.4 is 5.43 Å². The Kier molecular flexibility index (Phi) is 4.35. The lowest BCUT2D eigenvalue weighted by Crippen LogP contribution is -2.45. The molecule has 4 heteroatoms. The number of nitrogens with one attached hydrogen (secondary N) is 1. The molecule has 1 aliphatic heterocycles. The quantitative estimate of drug-likeness (QED) is 0.920. The van der Waals surface area contributed by atoms with Gasteiger partial charge in [0, 0.05) is 24.1 Å². The van der Waals surface area contributed by atoms with Crippen molar-refractivity contribution < 1.29 is 4.74 Å². The number of halogens is 1. The molecule has 16 heavy (non-hydrogen) atoms. The van der Waals surface area contributed by atoms with E-state index in [-0.39, 0.29) is 0 Å². The molecule has 0 unspecified atom stereocenters. The molecule has 0 amide bonds. The molecule has 1 heterocycles. The summed E-state index contributed by atoms with van der Waals surface area (Å²) in [6.45, 7) is 6.55. The summed E-state index contributed by atoms with van der Waals surface area (Å²) in [5.41, 5.74) is 5.99. The van der Waals surface area contributed by atoms with Crippen molar-refractivity contribution in [2.24, 2.45) is 0 Å². The van der Waals surface area contributed by atoms with E-state index >= 15 is 0 Å². The number of benzene rings is 1. The van der Waals surface area contributed by atoms with Gasteiger partial charge in [0.2, 0.25) is 0 Å². The molecule has 3 nitrogen and oxygen atoms in total. The van der Waals surface area contributed by atoms with Gasteiger partial charge >= 0.3 is 0 Å². The summed E-state index contributed by atoms with van der Waals surface area (Å²) >= 11 is 3.55. The third-order valence-electron chi connectivity index (χ3n) is 2.75. The molecule has 0 aliphatic carbocycles. The fourth-order valence-corrected chi connectivity index (χ4v) is 2.10. The topological polar surface area (TPSA) is 24.5 Å². The highest BCUT2D eigenvalue weighted by molar-refractivity contribution is 9.10. The molecule has 1 fully saturated rings. The molecule has 0 bridgehead atoms. The van der Waals surface area contributed by atoms with Gasteiger partial charge in [0.1, 0.15) is 0 Å². The lowest BCUT2D eigenvalue weighted by molar-refractivity contribution is 0.0106. The van der Waals surface area contributed by atoms with E-state index in [1.54, 1.807) is 0 Å². The van der Waals surface area contributed by atoms with Crippen LogP contribution in [0.4, 0.5) is 0 Å². The molecular weight excluding hydrogens is 268 g/mol. The van der Waals surface area contributed by atoms with Gasteiger partial charge in [0.05, 0.1) is 13.2 Å². The van der Waals surface area contributed by atoms with E-state index in [9.17, 15) is 0 Å². The summed E-state index contributed by atoms with van der Waals surface area (Å²) in [6, 6.07) is 6.47. The average molecular weight is 285 g/mol. The first-order valence-corrected chi connectivity index (χ1v) is 6.36. The standard InChI is InChI=1S/C12H17BrN2O/c1-10-2-3-11(8-12(10)13)9-14-15-4-6-16-7-5-15/h2-3,8,14H,4-7,9H2,1H3. The number of morpholine rings is 1. The molecule has 1 N–H and O–H groups in total. The lowest BCUT2D eigenvalue weighted by atomic mass is 10.1. The van der Waals surface area contributed by atoms with Crippen LogP contribution in [0.1, 0.15) is 11.1 Å². The zero-order valence-electron chi connectivity index (χ0n) is 9.50. The molecule has 0 atom stereocenters. The fourth-order valence-electron chi connectivity index (χ4n) is 1.67. The Morgan fingerprint density at radius 1 is 1.38 bits per heavy atom. The van der Waals surface area contributed by atoms with Crippen LogP contribution in [0.2, 0.25) is 0 Å². The van der Waals surface area contributed by atoms with Gasteiger partial charge in [-0.15, -0.1) is 0 Å². The van der Waals surface area contributed by atoms with Crippen molar-refractivity contribution in [3.63, 3.8) is 0 Å². The van der Waals surface area contributed by atoms with Crippen molar-refractivity contribution in [2.45, 2.75) is 13.5 Å². The van der Waals surface area contributed by atoms with E-state index in [1.165, 1.54) is 15.6 Å². The first-order valence-electron chi connectivity index (χ1n) is 5.57. The second-order valence-electron chi connectivity index (χ2n) is 4.02. The van der Waals surface area contributed by atoms with E-state index in [0.29, 0.717) is 0 Å². The Labute approximate surface area is 105 Å². The number of ether oxygens (including phenoxy) is 1. The maximum atomic E-state index is 5.30. The van der Waals surface area contributed by atoms with Crippen LogP contribution in [0.15, 0.2) is 22.7 Å². The highest BCUT2D eigenvalue weighted by atomic mass is 79.9. The molecule has 1 aromatic carbocycles. The molecule has 1 aliphatic rings. The van der Waals surface area contributed by atoms with Crippen molar-refractivity contribution >= 4 is 15.9 Å². The summed E-state index contributed by atoms with van der Waals surface area (Å²) in [7, 11) is 0. The maximum Gasteiger partial charge on any atom is 0.0608 e. The monoisotopic (exact) mass is 284 g/mol. The summed E-state index contributed by atoms with van der Waals surface area (Å²) in [4.78, 5) is 0. The summed E-state index contributed by atoms with van der Waals surface area (Å²) < 4.78 is 6.47. The van der Waals surface area contributed by atoms with E-state index in [4.69, 9.17) is 4.74 Å². The third-order valence-corrected chi connectivity index (χ3v) is 3.61. The minimum atomic E-state index is 0.824. The van der Waals surface area contributed by atoms with Gasteiger partial charge in [-0.1, -0.05) is 28.1 Å². The Hall–Kier alpha value is -0.420. The minimum Gasteiger partial charge on any atom is -0.379 e. The number of hydrogen-bond donors (Lipinski definition) is 1. The smallest absolute Gasteiger partial charge is 0.0608 e. The Balaban J connectivity index is 1.86. The highest BCUT2D eigenvalue weighted by Crippen LogP contribution is 2.17. The van der Waals surface area contributed by atoms with Crippen LogP contribution in [0.5, 0.6) is 0 Å². The van der Waals surface area contributed by atoms with Crippen LogP contribution in [0.25, 0.3) is 0 Å². The van der Waals surface area contributed by atoms with Gasteiger partial charge in [0.25, 0.3) is 0 Å². The molecule has 0 radical (unpaired) electrons. The number of aryl methyl sites for hydroxylation is 1. The molecule has 1 aromatic rings. The van der Waals surface area contributed by atoms with Crippen molar-refractivity contribution in [1.29, 1.82) is 0 Å². The SMILES string of the molecule is Cc1ccc(CNN2CCOCC2)cc1Br. The first-order chi connectivity index (χ1) is 7.75. The second-order valence-corrected chi connectivity index (χ2v) is 4.87. The molecular formula is C12H17BrN2O. The van der Waals surface area contributed by atoms with Gasteiger partial charge in [0.15, 0.2) is 0 Å². The van der Waals surface area contributed by atoms with E-state index in [1.807, 2.05) is 0 Å². The Morgan fingerprint density at radius 2 is 2.12 bits per heavy atom. The van der Waals surface area contributed by atoms with Crippen LogP contribution >= 0.6 is 15.9 Å². The predicted octanol–water partition coefficient (Wildman–Crippen LogP) is 2.09. The third kappa shape index (κ3) is 3.28. The zero-order chi connectivity index (χ0) is 11.4. The van der Waals surface area contributed by atoms with Crippen LogP contribution in [-0.2, 0) is 11.3 Å². The van der Waals surface area contributed by atoms with Crippen molar-refractivity contribution in [2.75, 3.05) is 26.3 Å². The molecule has 0 aromatic heterocycles. The number of hydrazine groups is 1. The zero-order valence-corrected chi connectivity index (χ0v) is 11.1. The van der Waals surface area contributed by atoms with Crippen molar-refractivity contribution in [1.82, 2.24) is 10.4 Å². The minimum absolute atomic E-state index is 0.824. The van der Waals surface area contributed by atoms with Crippen LogP contribution in [0, 0.1) is 6.92 Å². The predicted molar refractivity (Wildman–Crippen MR) is 68.1 cm³/mol. The summed E-state index contributed by atoms with van der Waals surface area (Å²) in [6.07, 6.45) is 0. The van der Waals surface area contributed by atoms with Gasteiger partial charge in [-0.25, -0.2) is 5.01 Å². The van der Waals surface area contributed by atoms with E-state index in [2.05, 4.69) is 51.5 Å². The number of rotatable bonds is 3. The summed E-state index contributed by atoms with van der Waals surface area (Å²) in [5, 5.41) is 2.22. The second kappa shape index (κ2) is 5.77. The highest BCUT2D eigenvalue weighted by Gasteiger charge is 2.09. The van der Waals surface area contributed by atoms with Crippen molar-refractivity contribution in [3.8, 4) is 0 Å². The van der Waals surface area contributed by atoms with E-state index in [0.717, 1.165) is 32.8 Å². The number of hydrogen-bond acceptors (Lipinski definition) is 3. The molecule has 2 rings (SSSR count). The van der Waals surface area contributed by atoms with Gasteiger partial charge in [-0.05, 0) is 24.1 Å². The largest absolute Gasteiger partial charge is 0.379 e. The number of nitrogens with zero attached hydrogens (tertiary/aromatic N) is 1. The first kappa shape index (κ1) is 12.0. The normalized spacial score (nSPS) is 17.6. The molecule has 0 spiro atoms. The van der Waals surface area contributed by atoms with Crippen LogP contribution in [0.3, 0.4) is 0 Å². The van der Waals surface area contributed by atoms with E-state index < -0.39 is 0 Å². The van der Waals surface area contributed by atoms with Gasteiger partial charge in [-0.2, -0.15) is 0 Å². The maximum absolute atomic E-state index is 5.30. The van der Waals surface area contributed by atoms with Crippen molar-refractivity contribution in [3.05, 3.63) is 33.8 Å². The lowest BCUT2D eigenvalue weighted by Gasteiger charge is -2.27. The molecule has 0 saturated carbocycles. The fraction of sp³-hybridized carbons (Fsp3) is 0.500.